The molecule has 0 bridgehead atoms. The van der Waals surface area contributed by atoms with E-state index in [0.29, 0.717) is 24.4 Å². The zero-order valence-corrected chi connectivity index (χ0v) is 15.7. The lowest BCUT2D eigenvalue weighted by Crippen LogP contribution is -2.47. The van der Waals surface area contributed by atoms with Crippen LogP contribution in [0.5, 0.6) is 0 Å². The van der Waals surface area contributed by atoms with Crippen molar-refractivity contribution in [1.29, 1.82) is 0 Å². The van der Waals surface area contributed by atoms with Gasteiger partial charge in [-0.2, -0.15) is 0 Å². The maximum Gasteiger partial charge on any atom is 0.253 e. The van der Waals surface area contributed by atoms with Crippen molar-refractivity contribution in [3.63, 3.8) is 0 Å². The van der Waals surface area contributed by atoms with Crippen LogP contribution in [0.15, 0.2) is 24.3 Å². The number of amides is 2. The van der Waals surface area contributed by atoms with E-state index >= 15 is 0 Å². The molecule has 6 nitrogen and oxygen atoms in total. The minimum Gasteiger partial charge on any atom is -0.384 e. The van der Waals surface area contributed by atoms with Gasteiger partial charge in [0.1, 0.15) is 0 Å². The van der Waals surface area contributed by atoms with E-state index in [9.17, 15) is 9.59 Å². The molecule has 3 rings (SSSR count). The molecule has 1 aromatic rings. The summed E-state index contributed by atoms with van der Waals surface area (Å²) < 4.78 is 5.42. The van der Waals surface area contributed by atoms with Gasteiger partial charge in [0.2, 0.25) is 5.91 Å². The van der Waals surface area contributed by atoms with E-state index in [0.717, 1.165) is 38.8 Å². The number of carbonyl (C=O) groups is 2. The van der Waals surface area contributed by atoms with Crippen LogP contribution in [0.1, 0.15) is 36.0 Å². The highest BCUT2D eigenvalue weighted by Crippen LogP contribution is 2.33. The van der Waals surface area contributed by atoms with E-state index in [-0.39, 0.29) is 23.1 Å². The molecule has 2 N–H and O–H groups in total. The zero-order valence-electron chi connectivity index (χ0n) is 15.7. The first-order chi connectivity index (χ1) is 12.6. The number of piperidine rings is 1. The van der Waals surface area contributed by atoms with Crippen LogP contribution in [0.3, 0.4) is 0 Å². The fourth-order valence-electron chi connectivity index (χ4n) is 3.68. The van der Waals surface area contributed by atoms with E-state index in [2.05, 4.69) is 10.6 Å². The van der Waals surface area contributed by atoms with Crippen molar-refractivity contribution in [2.75, 3.05) is 45.3 Å². The van der Waals surface area contributed by atoms with Crippen LogP contribution in [-0.2, 0) is 9.53 Å². The predicted octanol–water partition coefficient (Wildman–Crippen LogP) is 1.81. The van der Waals surface area contributed by atoms with E-state index in [1.54, 1.807) is 25.1 Å². The topological polar surface area (TPSA) is 70.7 Å². The number of nitrogens with one attached hydrogen (secondary N) is 2. The van der Waals surface area contributed by atoms with Crippen molar-refractivity contribution in [1.82, 2.24) is 10.6 Å². The third-order valence-electron chi connectivity index (χ3n) is 5.51. The number of anilines is 1. The number of nitrogens with zero attached hydrogens (tertiary/aromatic N) is 1. The van der Waals surface area contributed by atoms with Crippen LogP contribution in [-0.4, -0.2) is 52.2 Å². The summed E-state index contributed by atoms with van der Waals surface area (Å²) in [6.07, 6.45) is 3.85. The van der Waals surface area contributed by atoms with Gasteiger partial charge in [0.25, 0.3) is 5.91 Å². The molecule has 6 heteroatoms. The SMILES string of the molecule is COCC1(CNC(=O)c2ccccc2N(C)C(=O)C2CC2)CCNCC1. The average Bonchev–Trinajstić information content (AvgIpc) is 3.51. The van der Waals surface area contributed by atoms with Gasteiger partial charge < -0.3 is 20.3 Å². The molecule has 1 heterocycles. The average molecular weight is 359 g/mol. The van der Waals surface area contributed by atoms with Crippen LogP contribution < -0.4 is 15.5 Å². The van der Waals surface area contributed by atoms with Crippen molar-refractivity contribution < 1.29 is 14.3 Å². The molecule has 1 aliphatic carbocycles. The number of rotatable bonds is 7. The molecule has 2 fully saturated rings. The number of methoxy groups -OCH3 is 1. The van der Waals surface area contributed by atoms with Crippen molar-refractivity contribution >= 4 is 17.5 Å². The van der Waals surface area contributed by atoms with Gasteiger partial charge in [0.15, 0.2) is 0 Å². The number of carbonyl (C=O) groups excluding carboxylic acids is 2. The van der Waals surface area contributed by atoms with Crippen LogP contribution in [0.4, 0.5) is 5.69 Å². The summed E-state index contributed by atoms with van der Waals surface area (Å²) >= 11 is 0. The summed E-state index contributed by atoms with van der Waals surface area (Å²) in [5, 5.41) is 6.45. The quantitative estimate of drug-likeness (QED) is 0.779. The Labute approximate surface area is 155 Å². The fourth-order valence-corrected chi connectivity index (χ4v) is 3.68. The molecule has 1 saturated heterocycles. The lowest BCUT2D eigenvalue weighted by atomic mass is 9.79. The molecule has 0 spiro atoms. The highest BCUT2D eigenvalue weighted by molar-refractivity contribution is 6.05. The Morgan fingerprint density at radius 2 is 1.96 bits per heavy atom. The maximum atomic E-state index is 12.9. The highest BCUT2D eigenvalue weighted by atomic mass is 16.5. The largest absolute Gasteiger partial charge is 0.384 e. The van der Waals surface area contributed by atoms with Crippen molar-refractivity contribution in [2.24, 2.45) is 11.3 Å². The van der Waals surface area contributed by atoms with E-state index in [4.69, 9.17) is 4.74 Å². The number of hydrogen-bond acceptors (Lipinski definition) is 4. The molecule has 26 heavy (non-hydrogen) atoms. The Hall–Kier alpha value is -1.92. The van der Waals surface area contributed by atoms with E-state index in [1.165, 1.54) is 0 Å². The summed E-state index contributed by atoms with van der Waals surface area (Å²) in [5.74, 6) is 0.0837. The number of hydrogen-bond donors (Lipinski definition) is 2. The molecule has 2 amide bonds. The molecule has 1 aliphatic heterocycles. The Balaban J connectivity index is 1.70. The highest BCUT2D eigenvalue weighted by Gasteiger charge is 2.35. The van der Waals surface area contributed by atoms with Crippen molar-refractivity contribution in [3.05, 3.63) is 29.8 Å². The van der Waals surface area contributed by atoms with Crippen LogP contribution in [0.25, 0.3) is 0 Å². The third-order valence-corrected chi connectivity index (χ3v) is 5.51. The molecule has 2 aliphatic rings. The molecule has 1 saturated carbocycles. The Morgan fingerprint density at radius 3 is 2.62 bits per heavy atom. The van der Waals surface area contributed by atoms with E-state index < -0.39 is 0 Å². The van der Waals surface area contributed by atoms with Gasteiger partial charge in [-0.05, 0) is 50.9 Å². The van der Waals surface area contributed by atoms with Gasteiger partial charge in [-0.1, -0.05) is 12.1 Å². The fraction of sp³-hybridized carbons (Fsp3) is 0.600. The van der Waals surface area contributed by atoms with Crippen LogP contribution >= 0.6 is 0 Å². The number of para-hydroxylation sites is 1. The third kappa shape index (κ3) is 4.24. The number of benzene rings is 1. The first-order valence-corrected chi connectivity index (χ1v) is 9.41. The smallest absolute Gasteiger partial charge is 0.253 e. The Morgan fingerprint density at radius 1 is 1.27 bits per heavy atom. The van der Waals surface area contributed by atoms with Gasteiger partial charge in [-0.25, -0.2) is 0 Å². The second-order valence-corrected chi connectivity index (χ2v) is 7.55. The Bertz CT molecular complexity index is 646. The van der Waals surface area contributed by atoms with Gasteiger partial charge >= 0.3 is 0 Å². The minimum atomic E-state index is -0.134. The Kier molecular flexibility index (Phi) is 5.94. The minimum absolute atomic E-state index is 0.0274. The van der Waals surface area contributed by atoms with Crippen molar-refractivity contribution in [2.45, 2.75) is 25.7 Å². The number of ether oxygens (including phenoxy) is 1. The van der Waals surface area contributed by atoms with Crippen LogP contribution in [0.2, 0.25) is 0 Å². The van der Waals surface area contributed by atoms with Gasteiger partial charge in [-0.15, -0.1) is 0 Å². The second kappa shape index (κ2) is 8.18. The molecule has 1 aromatic carbocycles. The standard InChI is InChI=1S/C20H29N3O3/c1-23(19(25)15-7-8-15)17-6-4-3-5-16(17)18(24)22-13-20(14-26-2)9-11-21-12-10-20/h3-6,15,21H,7-14H2,1-2H3,(H,22,24). The summed E-state index contributed by atoms with van der Waals surface area (Å²) in [4.78, 5) is 26.9. The van der Waals surface area contributed by atoms with Gasteiger partial charge in [0, 0.05) is 32.0 Å². The summed E-state index contributed by atoms with van der Waals surface area (Å²) in [5.41, 5.74) is 1.19. The summed E-state index contributed by atoms with van der Waals surface area (Å²) in [6.45, 7) is 3.09. The lowest BCUT2D eigenvalue weighted by Gasteiger charge is -2.37. The second-order valence-electron chi connectivity index (χ2n) is 7.55. The normalized spacial score (nSPS) is 19.0. The molecule has 0 aromatic heterocycles. The predicted molar refractivity (Wildman–Crippen MR) is 101 cm³/mol. The molecule has 142 valence electrons. The molecule has 0 atom stereocenters. The van der Waals surface area contributed by atoms with Crippen molar-refractivity contribution in [3.8, 4) is 0 Å². The van der Waals surface area contributed by atoms with Gasteiger partial charge in [-0.3, -0.25) is 9.59 Å². The first kappa shape index (κ1) is 18.9. The lowest BCUT2D eigenvalue weighted by molar-refractivity contribution is -0.119. The maximum absolute atomic E-state index is 12.9. The van der Waals surface area contributed by atoms with Crippen LogP contribution in [0, 0.1) is 11.3 Å². The summed E-state index contributed by atoms with van der Waals surface area (Å²) in [7, 11) is 3.46. The van der Waals surface area contributed by atoms with E-state index in [1.807, 2.05) is 18.2 Å². The monoisotopic (exact) mass is 359 g/mol. The molecule has 0 radical (unpaired) electrons. The first-order valence-electron chi connectivity index (χ1n) is 9.41. The van der Waals surface area contributed by atoms with Gasteiger partial charge in [0.05, 0.1) is 17.9 Å². The zero-order chi connectivity index (χ0) is 18.6. The summed E-state index contributed by atoms with van der Waals surface area (Å²) in [6, 6.07) is 7.32. The molecular formula is C20H29N3O3. The molecule has 0 unspecified atom stereocenters. The molecular weight excluding hydrogens is 330 g/mol.